The summed E-state index contributed by atoms with van der Waals surface area (Å²) in [5, 5.41) is 38.6. The Balaban J connectivity index is 1.07. The fraction of sp³-hybridized carbons (Fsp3) is 0.167. The lowest BCUT2D eigenvalue weighted by atomic mass is 10.1. The summed E-state index contributed by atoms with van der Waals surface area (Å²) < 4.78 is 41.9. The van der Waals surface area contributed by atoms with Gasteiger partial charge in [0.05, 0.1) is 49.0 Å². The van der Waals surface area contributed by atoms with E-state index in [1.165, 1.54) is 20.4 Å². The molecule has 0 fully saturated rings. The standard InChI is InChI=1S/C30H22Cl2F2N14O4/c1-51-27-12(31)3-14-20(41-27)18(10-6-35-36-7-10)22(39-14)25-43-24(45-46-25)16(49)5-17(50)30(33,34)29-44-26(47-48-29)23-19(11-8-37-38-9-11)21-15(40-23)4-13(32)28(42-21)52-2/h3-4,6-9,17,39-40,50H,5H2,1-2H3,(H,35,36)(H,37,38)(H,43,45,46)(H,44,47,48). The van der Waals surface area contributed by atoms with Gasteiger partial charge in [-0.2, -0.15) is 24.1 Å². The highest BCUT2D eigenvalue weighted by Gasteiger charge is 2.45. The molecule has 0 aliphatic rings. The van der Waals surface area contributed by atoms with Crippen molar-refractivity contribution in [3.05, 3.63) is 58.6 Å². The van der Waals surface area contributed by atoms with Crippen LogP contribution in [0.25, 0.3) is 67.4 Å². The topological polar surface area (TPSA) is 254 Å². The van der Waals surface area contributed by atoms with E-state index in [1.807, 2.05) is 0 Å². The Morgan fingerprint density at radius 2 is 1.44 bits per heavy atom. The number of halogens is 4. The maximum absolute atomic E-state index is 15.7. The molecule has 264 valence electrons. The number of rotatable bonds is 11. The molecule has 22 heteroatoms. The second-order valence-corrected chi connectivity index (χ2v) is 12.1. The number of carbonyl (C=O) groups is 1. The molecule has 0 spiro atoms. The lowest BCUT2D eigenvalue weighted by Crippen LogP contribution is -2.34. The average molecular weight is 752 g/mol. The first-order valence-electron chi connectivity index (χ1n) is 15.0. The van der Waals surface area contributed by atoms with Crippen molar-refractivity contribution >= 4 is 51.1 Å². The molecular formula is C30H22Cl2F2N14O4. The second kappa shape index (κ2) is 12.5. The van der Waals surface area contributed by atoms with E-state index in [9.17, 15) is 9.90 Å². The van der Waals surface area contributed by atoms with Crippen molar-refractivity contribution in [2.75, 3.05) is 14.2 Å². The fourth-order valence-electron chi connectivity index (χ4n) is 5.70. The quantitative estimate of drug-likeness (QED) is 0.0877. The number of aliphatic hydroxyl groups excluding tert-OH is 1. The predicted molar refractivity (Wildman–Crippen MR) is 180 cm³/mol. The van der Waals surface area contributed by atoms with E-state index in [0.29, 0.717) is 50.0 Å². The number of ether oxygens (including phenoxy) is 2. The van der Waals surface area contributed by atoms with Crippen LogP contribution in [0.15, 0.2) is 36.9 Å². The number of fused-ring (bicyclic) bond motifs is 2. The van der Waals surface area contributed by atoms with Crippen LogP contribution < -0.4 is 9.47 Å². The minimum atomic E-state index is -4.06. The molecular weight excluding hydrogens is 729 g/mol. The number of carbonyl (C=O) groups excluding carboxylic acids is 1. The van der Waals surface area contributed by atoms with Gasteiger partial charge >= 0.3 is 5.92 Å². The van der Waals surface area contributed by atoms with E-state index in [-0.39, 0.29) is 45.0 Å². The molecule has 8 rings (SSSR count). The molecule has 52 heavy (non-hydrogen) atoms. The summed E-state index contributed by atoms with van der Waals surface area (Å²) in [4.78, 5) is 35.1. The normalized spacial score (nSPS) is 12.6. The highest BCUT2D eigenvalue weighted by atomic mass is 35.5. The Bertz CT molecular complexity index is 2590. The number of alkyl halides is 2. The number of pyridine rings is 2. The zero-order valence-corrected chi connectivity index (χ0v) is 28.0. The Kier molecular flexibility index (Phi) is 7.92. The number of hydrogen-bond donors (Lipinski definition) is 7. The Morgan fingerprint density at radius 1 is 0.865 bits per heavy atom. The molecule has 0 bridgehead atoms. The van der Waals surface area contributed by atoms with Crippen LogP contribution >= 0.6 is 23.2 Å². The van der Waals surface area contributed by atoms with Crippen molar-refractivity contribution < 1.29 is 28.2 Å². The number of hydrogen-bond acceptors (Lipinski definition) is 12. The molecule has 0 amide bonds. The molecule has 0 aliphatic carbocycles. The van der Waals surface area contributed by atoms with E-state index in [0.717, 1.165) is 0 Å². The first-order valence-corrected chi connectivity index (χ1v) is 15.8. The van der Waals surface area contributed by atoms with Crippen LogP contribution in [0.5, 0.6) is 11.8 Å². The molecule has 0 saturated carbocycles. The number of aliphatic hydroxyl groups is 1. The molecule has 1 unspecified atom stereocenters. The van der Waals surface area contributed by atoms with E-state index in [1.54, 1.807) is 30.7 Å². The zero-order chi connectivity index (χ0) is 36.3. The summed E-state index contributed by atoms with van der Waals surface area (Å²) in [5.74, 6) is -6.18. The molecule has 0 aliphatic heterocycles. The van der Waals surface area contributed by atoms with Gasteiger partial charge in [0.1, 0.15) is 27.2 Å². The third-order valence-electron chi connectivity index (χ3n) is 8.15. The summed E-state index contributed by atoms with van der Waals surface area (Å²) in [6.45, 7) is 0. The van der Waals surface area contributed by atoms with Crippen molar-refractivity contribution in [1.82, 2.24) is 70.7 Å². The minimum absolute atomic E-state index is 0.0777. The molecule has 8 aromatic rings. The molecule has 0 saturated heterocycles. The van der Waals surface area contributed by atoms with Gasteiger partial charge in [0.25, 0.3) is 0 Å². The first-order chi connectivity index (χ1) is 25.1. The van der Waals surface area contributed by atoms with E-state index >= 15 is 8.78 Å². The summed E-state index contributed by atoms with van der Waals surface area (Å²) in [6, 6.07) is 3.16. The third-order valence-corrected chi connectivity index (χ3v) is 8.69. The molecule has 0 aromatic carbocycles. The van der Waals surface area contributed by atoms with Crippen LogP contribution in [0.3, 0.4) is 0 Å². The zero-order valence-electron chi connectivity index (χ0n) is 26.5. The number of nitrogens with one attached hydrogen (secondary N) is 6. The predicted octanol–water partition coefficient (Wildman–Crippen LogP) is 4.84. The van der Waals surface area contributed by atoms with Crippen molar-refractivity contribution in [1.29, 1.82) is 0 Å². The molecule has 18 nitrogen and oxygen atoms in total. The smallest absolute Gasteiger partial charge is 0.331 e. The van der Waals surface area contributed by atoms with Crippen LogP contribution in [-0.4, -0.2) is 102 Å². The summed E-state index contributed by atoms with van der Waals surface area (Å²) >= 11 is 12.6. The maximum Gasteiger partial charge on any atom is 0.331 e. The van der Waals surface area contributed by atoms with Crippen molar-refractivity contribution in [3.8, 4) is 57.1 Å². The van der Waals surface area contributed by atoms with Crippen LogP contribution in [0.4, 0.5) is 8.78 Å². The monoisotopic (exact) mass is 750 g/mol. The second-order valence-electron chi connectivity index (χ2n) is 11.3. The number of aromatic nitrogens is 14. The molecule has 1 atom stereocenters. The van der Waals surface area contributed by atoms with Gasteiger partial charge in [-0.25, -0.2) is 15.0 Å². The third kappa shape index (κ3) is 5.39. The number of Topliss-reactive ketones (excluding diaryl/α,β-unsaturated/α-hetero) is 1. The molecule has 8 heterocycles. The van der Waals surface area contributed by atoms with Crippen molar-refractivity contribution in [2.24, 2.45) is 0 Å². The van der Waals surface area contributed by atoms with Crippen molar-refractivity contribution in [2.45, 2.75) is 18.4 Å². The van der Waals surface area contributed by atoms with Crippen LogP contribution in [-0.2, 0) is 5.92 Å². The van der Waals surface area contributed by atoms with Crippen LogP contribution in [0.1, 0.15) is 22.9 Å². The van der Waals surface area contributed by atoms with Gasteiger partial charge in [-0.3, -0.25) is 20.1 Å². The number of nitrogens with zero attached hydrogens (tertiary/aromatic N) is 8. The molecule has 7 N–H and O–H groups in total. The van der Waals surface area contributed by atoms with E-state index in [2.05, 4.69) is 70.7 Å². The summed E-state index contributed by atoms with van der Waals surface area (Å²) in [5.41, 5.74) is 4.42. The number of aromatic amines is 6. The van der Waals surface area contributed by atoms with E-state index in [4.69, 9.17) is 32.7 Å². The van der Waals surface area contributed by atoms with Gasteiger partial charge in [-0.1, -0.05) is 23.2 Å². The lowest BCUT2D eigenvalue weighted by Gasteiger charge is -2.19. The van der Waals surface area contributed by atoms with Gasteiger partial charge in [0.2, 0.25) is 17.5 Å². The van der Waals surface area contributed by atoms with Gasteiger partial charge in [-0.15, -0.1) is 10.2 Å². The average Bonchev–Trinajstić information content (AvgIpc) is 3.97. The Hall–Kier alpha value is -6.25. The highest BCUT2D eigenvalue weighted by molar-refractivity contribution is 6.33. The molecule has 8 aromatic heterocycles. The molecule has 0 radical (unpaired) electrons. The Labute approximate surface area is 297 Å². The minimum Gasteiger partial charge on any atom is -0.480 e. The van der Waals surface area contributed by atoms with Gasteiger partial charge in [0.15, 0.2) is 23.3 Å². The number of methoxy groups -OCH3 is 2. The van der Waals surface area contributed by atoms with Crippen LogP contribution in [0.2, 0.25) is 10.0 Å². The number of H-pyrrole nitrogens is 6. The fourth-order valence-corrected chi connectivity index (χ4v) is 6.15. The van der Waals surface area contributed by atoms with Gasteiger partial charge in [-0.05, 0) is 12.1 Å². The first kappa shape index (κ1) is 32.9. The lowest BCUT2D eigenvalue weighted by molar-refractivity contribution is -0.119. The van der Waals surface area contributed by atoms with Crippen molar-refractivity contribution in [3.63, 3.8) is 0 Å². The maximum atomic E-state index is 15.7. The number of ketones is 1. The highest BCUT2D eigenvalue weighted by Crippen LogP contribution is 2.41. The Morgan fingerprint density at radius 3 is 2.00 bits per heavy atom. The van der Waals surface area contributed by atoms with Gasteiger partial charge in [0, 0.05) is 41.1 Å². The SMILES string of the molecule is COc1nc2c(-c3cn[nH]c3)c(-c3n[nH]c(C(F)(F)C(O)CC(=O)c4nnc(-c5[nH]c6cc(Cl)c(OC)nc6c5-c5cn[nH]c5)[nH]4)n3)[nH]c2cc1Cl. The summed E-state index contributed by atoms with van der Waals surface area (Å²) in [6.07, 6.45) is 2.64. The van der Waals surface area contributed by atoms with E-state index < -0.39 is 30.1 Å². The van der Waals surface area contributed by atoms with Crippen LogP contribution in [0, 0.1) is 0 Å². The summed E-state index contributed by atoms with van der Waals surface area (Å²) in [7, 11) is 2.83. The van der Waals surface area contributed by atoms with Gasteiger partial charge < -0.3 is 29.5 Å². The largest absolute Gasteiger partial charge is 0.480 e.